The summed E-state index contributed by atoms with van der Waals surface area (Å²) in [4.78, 5) is 2.30. The van der Waals surface area contributed by atoms with E-state index in [2.05, 4.69) is 24.1 Å². The monoisotopic (exact) mass is 214 g/mol. The van der Waals surface area contributed by atoms with Gasteiger partial charge in [-0.1, -0.05) is 6.42 Å². The molecule has 16 heavy (non-hydrogen) atoms. The molecule has 1 aromatic rings. The Kier molecular flexibility index (Phi) is 3.14. The smallest absolute Gasteiger partial charge is 0.0994 e. The summed E-state index contributed by atoms with van der Waals surface area (Å²) in [5, 5.41) is 8.88. The highest BCUT2D eigenvalue weighted by molar-refractivity contribution is 5.53. The number of anilines is 1. The predicted octanol–water partition coefficient (Wildman–Crippen LogP) is 3.10. The van der Waals surface area contributed by atoms with Gasteiger partial charge in [0.15, 0.2) is 0 Å². The molecule has 1 fully saturated rings. The molecule has 0 N–H and O–H groups in total. The molecule has 0 heterocycles. The Labute approximate surface area is 97.5 Å². The summed E-state index contributed by atoms with van der Waals surface area (Å²) in [6.45, 7) is 3.14. The summed E-state index contributed by atoms with van der Waals surface area (Å²) in [7, 11) is 2.14. The fourth-order valence-electron chi connectivity index (χ4n) is 2.18. The molecule has 1 saturated carbocycles. The largest absolute Gasteiger partial charge is 0.374 e. The fraction of sp³-hybridized carbons (Fsp3) is 0.500. The van der Waals surface area contributed by atoms with Crippen molar-refractivity contribution >= 4 is 5.69 Å². The molecule has 0 bridgehead atoms. The molecule has 0 saturated heterocycles. The SMILES string of the molecule is Cc1cc(N(C)CC2CCC2)ccc1C#N. The number of aryl methyl sites for hydroxylation is 1. The molecule has 0 unspecified atom stereocenters. The van der Waals surface area contributed by atoms with Gasteiger partial charge in [0.1, 0.15) is 0 Å². The van der Waals surface area contributed by atoms with Crippen LogP contribution in [0.15, 0.2) is 18.2 Å². The van der Waals surface area contributed by atoms with Gasteiger partial charge < -0.3 is 4.90 Å². The van der Waals surface area contributed by atoms with Crippen LogP contribution in [-0.2, 0) is 0 Å². The summed E-state index contributed by atoms with van der Waals surface area (Å²) in [6.07, 6.45) is 4.14. The van der Waals surface area contributed by atoms with Gasteiger partial charge in [-0.2, -0.15) is 5.26 Å². The molecule has 1 aliphatic carbocycles. The molecule has 0 spiro atoms. The minimum absolute atomic E-state index is 0.779. The molecule has 1 aliphatic rings. The van der Waals surface area contributed by atoms with Crippen LogP contribution in [0.5, 0.6) is 0 Å². The van der Waals surface area contributed by atoms with Crippen molar-refractivity contribution in [1.82, 2.24) is 0 Å². The van der Waals surface area contributed by atoms with Gasteiger partial charge in [0, 0.05) is 19.3 Å². The van der Waals surface area contributed by atoms with Gasteiger partial charge in [-0.3, -0.25) is 0 Å². The third-order valence-corrected chi connectivity index (χ3v) is 3.53. The molecule has 2 nitrogen and oxygen atoms in total. The molecule has 0 atom stereocenters. The van der Waals surface area contributed by atoms with E-state index >= 15 is 0 Å². The number of nitriles is 1. The maximum Gasteiger partial charge on any atom is 0.0994 e. The Morgan fingerprint density at radius 2 is 2.19 bits per heavy atom. The number of benzene rings is 1. The minimum Gasteiger partial charge on any atom is -0.374 e. The van der Waals surface area contributed by atoms with Gasteiger partial charge in [-0.25, -0.2) is 0 Å². The average Bonchev–Trinajstić information content (AvgIpc) is 2.23. The molecule has 1 aromatic carbocycles. The van der Waals surface area contributed by atoms with E-state index in [1.165, 1.54) is 24.9 Å². The highest BCUT2D eigenvalue weighted by atomic mass is 15.1. The van der Waals surface area contributed by atoms with Crippen molar-refractivity contribution in [3.05, 3.63) is 29.3 Å². The standard InChI is InChI=1S/C14H18N2/c1-11-8-14(7-6-13(11)9-15)16(2)10-12-4-3-5-12/h6-8,12H,3-5,10H2,1-2H3. The molecular formula is C14H18N2. The first kappa shape index (κ1) is 11.0. The van der Waals surface area contributed by atoms with E-state index in [-0.39, 0.29) is 0 Å². The summed E-state index contributed by atoms with van der Waals surface area (Å²) < 4.78 is 0. The molecule has 0 amide bonds. The van der Waals surface area contributed by atoms with Crippen molar-refractivity contribution in [1.29, 1.82) is 5.26 Å². The van der Waals surface area contributed by atoms with Crippen LogP contribution in [-0.4, -0.2) is 13.6 Å². The first-order valence-electron chi connectivity index (χ1n) is 5.92. The maximum absolute atomic E-state index is 8.88. The number of hydrogen-bond donors (Lipinski definition) is 0. The first-order chi connectivity index (χ1) is 7.70. The van der Waals surface area contributed by atoms with E-state index < -0.39 is 0 Å². The van der Waals surface area contributed by atoms with Crippen LogP contribution in [0.2, 0.25) is 0 Å². The highest BCUT2D eigenvalue weighted by Crippen LogP contribution is 2.28. The van der Waals surface area contributed by atoms with Crippen LogP contribution in [0, 0.1) is 24.2 Å². The molecule has 0 aromatic heterocycles. The molecular weight excluding hydrogens is 196 g/mol. The van der Waals surface area contributed by atoms with Crippen molar-refractivity contribution in [2.24, 2.45) is 5.92 Å². The van der Waals surface area contributed by atoms with E-state index in [0.29, 0.717) is 0 Å². The minimum atomic E-state index is 0.779. The quantitative estimate of drug-likeness (QED) is 0.773. The lowest BCUT2D eigenvalue weighted by molar-refractivity contribution is 0.321. The number of rotatable bonds is 3. The van der Waals surface area contributed by atoms with Gasteiger partial charge in [-0.05, 0) is 49.4 Å². The third-order valence-electron chi connectivity index (χ3n) is 3.53. The van der Waals surface area contributed by atoms with Crippen LogP contribution in [0.25, 0.3) is 0 Å². The maximum atomic E-state index is 8.88. The van der Waals surface area contributed by atoms with Crippen molar-refractivity contribution in [3.8, 4) is 6.07 Å². The molecule has 2 rings (SSSR count). The van der Waals surface area contributed by atoms with Gasteiger partial charge in [0.25, 0.3) is 0 Å². The predicted molar refractivity (Wildman–Crippen MR) is 66.5 cm³/mol. The number of hydrogen-bond acceptors (Lipinski definition) is 2. The van der Waals surface area contributed by atoms with E-state index in [1.54, 1.807) is 0 Å². The zero-order chi connectivity index (χ0) is 11.5. The van der Waals surface area contributed by atoms with Gasteiger partial charge in [0.2, 0.25) is 0 Å². The van der Waals surface area contributed by atoms with E-state index in [4.69, 9.17) is 5.26 Å². The molecule has 0 aliphatic heterocycles. The van der Waals surface area contributed by atoms with Crippen molar-refractivity contribution in [2.45, 2.75) is 26.2 Å². The van der Waals surface area contributed by atoms with Gasteiger partial charge >= 0.3 is 0 Å². The molecule has 84 valence electrons. The first-order valence-corrected chi connectivity index (χ1v) is 5.92. The van der Waals surface area contributed by atoms with Crippen molar-refractivity contribution in [3.63, 3.8) is 0 Å². The molecule has 0 radical (unpaired) electrons. The van der Waals surface area contributed by atoms with E-state index in [0.717, 1.165) is 23.6 Å². The number of nitrogens with zero attached hydrogens (tertiary/aromatic N) is 2. The lowest BCUT2D eigenvalue weighted by Gasteiger charge is -2.31. The van der Waals surface area contributed by atoms with Crippen LogP contribution in [0.3, 0.4) is 0 Å². The zero-order valence-corrected chi connectivity index (χ0v) is 10.0. The summed E-state index contributed by atoms with van der Waals surface area (Å²) in [5.41, 5.74) is 3.07. The molecule has 2 heteroatoms. The van der Waals surface area contributed by atoms with Gasteiger partial charge in [0.05, 0.1) is 11.6 Å². The Morgan fingerprint density at radius 3 is 2.69 bits per heavy atom. The van der Waals surface area contributed by atoms with E-state index in [9.17, 15) is 0 Å². The topological polar surface area (TPSA) is 27.0 Å². The fourth-order valence-corrected chi connectivity index (χ4v) is 2.18. The van der Waals surface area contributed by atoms with Crippen LogP contribution in [0.1, 0.15) is 30.4 Å². The van der Waals surface area contributed by atoms with Crippen molar-refractivity contribution < 1.29 is 0 Å². The summed E-state index contributed by atoms with van der Waals surface area (Å²) in [5.74, 6) is 0.876. The Balaban J connectivity index is 2.08. The van der Waals surface area contributed by atoms with Crippen LogP contribution in [0.4, 0.5) is 5.69 Å². The normalized spacial score (nSPS) is 15.3. The van der Waals surface area contributed by atoms with Gasteiger partial charge in [-0.15, -0.1) is 0 Å². The second-order valence-electron chi connectivity index (χ2n) is 4.79. The van der Waals surface area contributed by atoms with E-state index in [1.807, 2.05) is 19.1 Å². The van der Waals surface area contributed by atoms with Crippen molar-refractivity contribution in [2.75, 3.05) is 18.5 Å². The highest BCUT2D eigenvalue weighted by Gasteiger charge is 2.19. The second-order valence-corrected chi connectivity index (χ2v) is 4.79. The lowest BCUT2D eigenvalue weighted by atomic mass is 9.85. The second kappa shape index (κ2) is 4.57. The summed E-state index contributed by atoms with van der Waals surface area (Å²) >= 11 is 0. The third kappa shape index (κ3) is 2.19. The zero-order valence-electron chi connectivity index (χ0n) is 10.0. The Hall–Kier alpha value is -1.49. The Bertz CT molecular complexity index is 413. The Morgan fingerprint density at radius 1 is 1.44 bits per heavy atom. The van der Waals surface area contributed by atoms with Crippen LogP contribution >= 0.6 is 0 Å². The average molecular weight is 214 g/mol. The van der Waals surface area contributed by atoms with Crippen LogP contribution < -0.4 is 4.90 Å². The lowest BCUT2D eigenvalue weighted by Crippen LogP contribution is -2.29. The summed E-state index contributed by atoms with van der Waals surface area (Å²) in [6, 6.07) is 8.28.